The van der Waals surface area contributed by atoms with Crippen molar-refractivity contribution in [2.45, 2.75) is 13.1 Å². The Morgan fingerprint density at radius 3 is 2.63 bits per heavy atom. The Balaban J connectivity index is 1.44. The highest BCUT2D eigenvalue weighted by Gasteiger charge is 2.11. The lowest BCUT2D eigenvalue weighted by Gasteiger charge is -2.26. The Bertz CT molecular complexity index is 744. The van der Waals surface area contributed by atoms with E-state index in [0.29, 0.717) is 18.0 Å². The number of carbonyl (C=O) groups excluding carboxylic acids is 1. The summed E-state index contributed by atoms with van der Waals surface area (Å²) in [5, 5.41) is 2.90. The van der Waals surface area contributed by atoms with E-state index in [2.05, 4.69) is 22.3 Å². The Hall–Kier alpha value is -2.57. The molecule has 0 atom stereocenters. The predicted octanol–water partition coefficient (Wildman–Crippen LogP) is 2.22. The van der Waals surface area contributed by atoms with Crippen LogP contribution in [0.4, 0.5) is 0 Å². The molecule has 2 aromatic carbocycles. The van der Waals surface area contributed by atoms with E-state index in [1.54, 1.807) is 19.2 Å². The lowest BCUT2D eigenvalue weighted by molar-refractivity contribution is -0.123. The van der Waals surface area contributed by atoms with Crippen LogP contribution in [0.15, 0.2) is 48.5 Å². The fourth-order valence-electron chi connectivity index (χ4n) is 2.95. The number of morpholine rings is 1. The molecule has 2 aromatic rings. The van der Waals surface area contributed by atoms with Gasteiger partial charge in [-0.1, -0.05) is 30.3 Å². The van der Waals surface area contributed by atoms with E-state index in [1.165, 1.54) is 5.56 Å². The van der Waals surface area contributed by atoms with Crippen molar-refractivity contribution in [3.05, 3.63) is 59.7 Å². The van der Waals surface area contributed by atoms with Crippen molar-refractivity contribution in [3.63, 3.8) is 0 Å². The van der Waals surface area contributed by atoms with Crippen molar-refractivity contribution < 1.29 is 19.0 Å². The summed E-state index contributed by atoms with van der Waals surface area (Å²) in [6, 6.07) is 15.5. The summed E-state index contributed by atoms with van der Waals surface area (Å²) >= 11 is 0. The second kappa shape index (κ2) is 9.94. The van der Waals surface area contributed by atoms with Gasteiger partial charge in [-0.2, -0.15) is 0 Å². The molecule has 1 aliphatic rings. The summed E-state index contributed by atoms with van der Waals surface area (Å²) in [4.78, 5) is 14.4. The number of benzene rings is 2. The van der Waals surface area contributed by atoms with E-state index in [4.69, 9.17) is 14.2 Å². The van der Waals surface area contributed by atoms with E-state index >= 15 is 0 Å². The van der Waals surface area contributed by atoms with Gasteiger partial charge in [0.05, 0.1) is 20.3 Å². The minimum Gasteiger partial charge on any atom is -0.497 e. The molecule has 3 rings (SSSR count). The van der Waals surface area contributed by atoms with Gasteiger partial charge in [-0.25, -0.2) is 0 Å². The van der Waals surface area contributed by atoms with Crippen molar-refractivity contribution in [2.24, 2.45) is 0 Å². The number of hydrogen-bond acceptors (Lipinski definition) is 5. The number of amides is 1. The number of carbonyl (C=O) groups is 1. The zero-order chi connectivity index (χ0) is 18.9. The van der Waals surface area contributed by atoms with Crippen LogP contribution in [0, 0.1) is 0 Å². The number of methoxy groups -OCH3 is 1. The lowest BCUT2D eigenvalue weighted by atomic mass is 10.1. The summed E-state index contributed by atoms with van der Waals surface area (Å²) in [5.41, 5.74) is 2.33. The van der Waals surface area contributed by atoms with Crippen molar-refractivity contribution in [3.8, 4) is 11.5 Å². The van der Waals surface area contributed by atoms with Crippen LogP contribution in [-0.4, -0.2) is 50.8 Å². The third kappa shape index (κ3) is 6.27. The Kier molecular flexibility index (Phi) is 7.07. The maximum atomic E-state index is 12.1. The number of hydrogen-bond donors (Lipinski definition) is 1. The summed E-state index contributed by atoms with van der Waals surface area (Å²) in [6.07, 6.45) is 0. The zero-order valence-electron chi connectivity index (χ0n) is 15.6. The van der Waals surface area contributed by atoms with E-state index in [9.17, 15) is 4.79 Å². The maximum Gasteiger partial charge on any atom is 0.258 e. The highest BCUT2D eigenvalue weighted by molar-refractivity contribution is 5.77. The average molecular weight is 370 g/mol. The number of rotatable bonds is 8. The smallest absolute Gasteiger partial charge is 0.258 e. The van der Waals surface area contributed by atoms with Crippen molar-refractivity contribution in [2.75, 3.05) is 40.0 Å². The molecular formula is C21H26N2O4. The van der Waals surface area contributed by atoms with Crippen molar-refractivity contribution in [1.29, 1.82) is 0 Å². The second-order valence-electron chi connectivity index (χ2n) is 6.45. The Labute approximate surface area is 160 Å². The van der Waals surface area contributed by atoms with Crippen molar-refractivity contribution in [1.82, 2.24) is 10.2 Å². The van der Waals surface area contributed by atoms with Crippen LogP contribution in [0.1, 0.15) is 11.1 Å². The van der Waals surface area contributed by atoms with Crippen LogP contribution in [0.25, 0.3) is 0 Å². The van der Waals surface area contributed by atoms with Crippen LogP contribution in [0.3, 0.4) is 0 Å². The molecule has 1 saturated heterocycles. The molecule has 0 radical (unpaired) electrons. The van der Waals surface area contributed by atoms with E-state index in [-0.39, 0.29) is 12.5 Å². The quantitative estimate of drug-likeness (QED) is 0.772. The minimum absolute atomic E-state index is 0.0271. The average Bonchev–Trinajstić information content (AvgIpc) is 2.72. The molecule has 1 N–H and O–H groups in total. The number of nitrogens with zero attached hydrogens (tertiary/aromatic N) is 1. The third-order valence-corrected chi connectivity index (χ3v) is 4.40. The van der Waals surface area contributed by atoms with Crippen LogP contribution in [-0.2, 0) is 22.6 Å². The summed E-state index contributed by atoms with van der Waals surface area (Å²) in [7, 11) is 1.60. The monoisotopic (exact) mass is 370 g/mol. The summed E-state index contributed by atoms with van der Waals surface area (Å²) in [5.74, 6) is 1.15. The van der Waals surface area contributed by atoms with Gasteiger partial charge >= 0.3 is 0 Å². The first-order chi connectivity index (χ1) is 13.2. The summed E-state index contributed by atoms with van der Waals surface area (Å²) < 4.78 is 16.0. The molecule has 27 heavy (non-hydrogen) atoms. The molecule has 6 nitrogen and oxygen atoms in total. The molecule has 0 aliphatic carbocycles. The Morgan fingerprint density at radius 2 is 1.81 bits per heavy atom. The molecule has 1 aliphatic heterocycles. The molecule has 144 valence electrons. The van der Waals surface area contributed by atoms with Gasteiger partial charge in [0.15, 0.2) is 6.61 Å². The molecule has 0 bridgehead atoms. The standard InChI is InChI=1S/C21H26N2O4/c1-25-19-6-3-7-20(13-19)27-16-21(24)22-14-17-4-2-5-18(12-17)15-23-8-10-26-11-9-23/h2-7,12-13H,8-11,14-16H2,1H3,(H,22,24). The van der Waals surface area contributed by atoms with Crippen LogP contribution < -0.4 is 14.8 Å². The fraction of sp³-hybridized carbons (Fsp3) is 0.381. The molecule has 0 aromatic heterocycles. The Morgan fingerprint density at radius 1 is 1.07 bits per heavy atom. The number of nitrogens with one attached hydrogen (secondary N) is 1. The topological polar surface area (TPSA) is 60.0 Å². The molecule has 0 spiro atoms. The normalized spacial score (nSPS) is 14.6. The van der Waals surface area contributed by atoms with Gasteiger partial charge in [0.25, 0.3) is 5.91 Å². The van der Waals surface area contributed by atoms with E-state index in [0.717, 1.165) is 38.4 Å². The first kappa shape index (κ1) is 19.2. The number of ether oxygens (including phenoxy) is 3. The first-order valence-corrected chi connectivity index (χ1v) is 9.14. The van der Waals surface area contributed by atoms with Gasteiger partial charge < -0.3 is 19.5 Å². The van der Waals surface area contributed by atoms with Gasteiger partial charge in [0, 0.05) is 32.2 Å². The third-order valence-electron chi connectivity index (χ3n) is 4.40. The maximum absolute atomic E-state index is 12.1. The first-order valence-electron chi connectivity index (χ1n) is 9.14. The second-order valence-corrected chi connectivity index (χ2v) is 6.45. The molecule has 6 heteroatoms. The van der Waals surface area contributed by atoms with Gasteiger partial charge in [-0.05, 0) is 23.3 Å². The highest BCUT2D eigenvalue weighted by Crippen LogP contribution is 2.18. The minimum atomic E-state index is -0.156. The van der Waals surface area contributed by atoms with Gasteiger partial charge in [0.2, 0.25) is 0 Å². The zero-order valence-corrected chi connectivity index (χ0v) is 15.6. The van der Waals surface area contributed by atoms with Gasteiger partial charge in [-0.15, -0.1) is 0 Å². The van der Waals surface area contributed by atoms with Gasteiger partial charge in [0.1, 0.15) is 11.5 Å². The lowest BCUT2D eigenvalue weighted by Crippen LogP contribution is -2.35. The fourth-order valence-corrected chi connectivity index (χ4v) is 2.95. The van der Waals surface area contributed by atoms with Crippen LogP contribution >= 0.6 is 0 Å². The van der Waals surface area contributed by atoms with Gasteiger partial charge in [-0.3, -0.25) is 9.69 Å². The molecular weight excluding hydrogens is 344 g/mol. The van der Waals surface area contributed by atoms with E-state index < -0.39 is 0 Å². The van der Waals surface area contributed by atoms with Crippen LogP contribution in [0.2, 0.25) is 0 Å². The van der Waals surface area contributed by atoms with Crippen LogP contribution in [0.5, 0.6) is 11.5 Å². The predicted molar refractivity (Wildman–Crippen MR) is 103 cm³/mol. The van der Waals surface area contributed by atoms with Crippen molar-refractivity contribution >= 4 is 5.91 Å². The summed E-state index contributed by atoms with van der Waals surface area (Å²) in [6.45, 7) is 4.87. The molecule has 0 unspecified atom stereocenters. The highest BCUT2D eigenvalue weighted by atomic mass is 16.5. The molecule has 1 heterocycles. The largest absolute Gasteiger partial charge is 0.497 e. The van der Waals surface area contributed by atoms with E-state index in [1.807, 2.05) is 24.3 Å². The SMILES string of the molecule is COc1cccc(OCC(=O)NCc2cccc(CN3CCOCC3)c2)c1. The molecule has 0 saturated carbocycles. The molecule has 1 fully saturated rings. The molecule has 1 amide bonds.